The van der Waals surface area contributed by atoms with Gasteiger partial charge in [0.1, 0.15) is 5.75 Å². The summed E-state index contributed by atoms with van der Waals surface area (Å²) >= 11 is 0. The van der Waals surface area contributed by atoms with Crippen molar-refractivity contribution in [3.8, 4) is 5.75 Å². The van der Waals surface area contributed by atoms with Crippen molar-refractivity contribution in [3.63, 3.8) is 0 Å². The highest BCUT2D eigenvalue weighted by Crippen LogP contribution is 2.36. The summed E-state index contributed by atoms with van der Waals surface area (Å²) in [6.45, 7) is 4.30. The Kier molecular flexibility index (Phi) is 3.89. The van der Waals surface area contributed by atoms with Gasteiger partial charge in [-0.15, -0.1) is 0 Å². The molecule has 6 rings (SSSR count). The Morgan fingerprint density at radius 3 is 2.77 bits per heavy atom. The van der Waals surface area contributed by atoms with Gasteiger partial charge in [-0.1, -0.05) is 0 Å². The van der Waals surface area contributed by atoms with Crippen molar-refractivity contribution in [2.24, 2.45) is 11.8 Å². The van der Waals surface area contributed by atoms with Crippen molar-refractivity contribution in [2.75, 3.05) is 33.3 Å². The number of nitrogens with one attached hydrogen (secondary N) is 1. The van der Waals surface area contributed by atoms with Crippen LogP contribution in [0.4, 0.5) is 0 Å². The lowest BCUT2D eigenvalue weighted by Crippen LogP contribution is -2.59. The third kappa shape index (κ3) is 2.76. The number of fused-ring (bicyclic) bond motifs is 4. The second-order valence-corrected chi connectivity index (χ2v) is 8.09. The molecule has 26 heavy (non-hydrogen) atoms. The summed E-state index contributed by atoms with van der Waals surface area (Å²) in [7, 11) is 1.65. The summed E-state index contributed by atoms with van der Waals surface area (Å²) in [5.74, 6) is 2.19. The van der Waals surface area contributed by atoms with Crippen molar-refractivity contribution in [1.82, 2.24) is 20.0 Å². The Hall–Kier alpha value is -2.08. The second-order valence-electron chi connectivity index (χ2n) is 8.09. The molecule has 3 saturated heterocycles. The fourth-order valence-electron chi connectivity index (χ4n) is 4.66. The van der Waals surface area contributed by atoms with Gasteiger partial charge in [0.25, 0.3) is 5.91 Å². The number of nitrogens with zero attached hydrogens (tertiary/aromatic N) is 3. The number of methoxy groups -OCH3 is 1. The second kappa shape index (κ2) is 6.27. The maximum atomic E-state index is 13.5. The first-order chi connectivity index (χ1) is 12.7. The van der Waals surface area contributed by atoms with E-state index in [9.17, 15) is 4.79 Å². The maximum absolute atomic E-state index is 13.5. The van der Waals surface area contributed by atoms with Crippen LogP contribution in [0.2, 0.25) is 0 Å². The minimum absolute atomic E-state index is 0.0899. The molecule has 1 amide bonds. The molecule has 0 radical (unpaired) electrons. The van der Waals surface area contributed by atoms with Crippen molar-refractivity contribution < 1.29 is 9.53 Å². The lowest BCUT2D eigenvalue weighted by atomic mass is 9.83. The number of benzene rings is 1. The standard InChI is InChI=1S/C20H26N4O2/c1-26-15-4-5-16-17(10-15)21-22-19(16)20(25)24(11-13-2-3-13)18-12-23-8-6-14(18)7-9-23/h4-5,10,13-14,18H,2-3,6-9,11-12H2,1H3,(H,21,22)/t18-/m1/s1. The van der Waals surface area contributed by atoms with Crippen LogP contribution in [0.15, 0.2) is 18.2 Å². The fourth-order valence-corrected chi connectivity index (χ4v) is 4.66. The molecule has 6 nitrogen and oxygen atoms in total. The average molecular weight is 354 g/mol. The smallest absolute Gasteiger partial charge is 0.275 e. The summed E-state index contributed by atoms with van der Waals surface area (Å²) < 4.78 is 5.28. The number of hydrogen-bond acceptors (Lipinski definition) is 4. The zero-order chi connectivity index (χ0) is 17.7. The largest absolute Gasteiger partial charge is 0.497 e. The molecule has 6 heteroatoms. The van der Waals surface area contributed by atoms with Crippen molar-refractivity contribution in [3.05, 3.63) is 23.9 Å². The normalized spacial score (nSPS) is 27.7. The van der Waals surface area contributed by atoms with Gasteiger partial charge >= 0.3 is 0 Å². The van der Waals surface area contributed by atoms with Gasteiger partial charge in [-0.2, -0.15) is 5.10 Å². The number of piperidine rings is 3. The van der Waals surface area contributed by atoms with Crippen LogP contribution in [0, 0.1) is 11.8 Å². The Morgan fingerprint density at radius 2 is 2.12 bits per heavy atom. The van der Waals surface area contributed by atoms with Crippen molar-refractivity contribution in [1.29, 1.82) is 0 Å². The molecule has 4 aliphatic rings. The van der Waals surface area contributed by atoms with E-state index in [-0.39, 0.29) is 5.91 Å². The molecule has 138 valence electrons. The van der Waals surface area contributed by atoms with Gasteiger partial charge in [0.15, 0.2) is 5.69 Å². The first-order valence-electron chi connectivity index (χ1n) is 9.78. The summed E-state index contributed by atoms with van der Waals surface area (Å²) in [5.41, 5.74) is 1.41. The molecule has 0 spiro atoms. The number of carbonyl (C=O) groups is 1. The van der Waals surface area contributed by atoms with E-state index >= 15 is 0 Å². The molecular weight excluding hydrogens is 328 g/mol. The van der Waals surface area contributed by atoms with Crippen LogP contribution in [0.1, 0.15) is 36.2 Å². The highest BCUT2D eigenvalue weighted by molar-refractivity contribution is 6.05. The molecular formula is C20H26N4O2. The van der Waals surface area contributed by atoms with E-state index in [2.05, 4.69) is 20.0 Å². The quantitative estimate of drug-likeness (QED) is 0.896. The van der Waals surface area contributed by atoms with E-state index < -0.39 is 0 Å². The van der Waals surface area contributed by atoms with Crippen LogP contribution in [0.5, 0.6) is 5.75 Å². The van der Waals surface area contributed by atoms with Gasteiger partial charge in [-0.05, 0) is 62.7 Å². The third-order valence-corrected chi connectivity index (χ3v) is 6.41. The van der Waals surface area contributed by atoms with Gasteiger partial charge < -0.3 is 14.5 Å². The van der Waals surface area contributed by atoms with Crippen molar-refractivity contribution in [2.45, 2.75) is 31.7 Å². The number of amides is 1. The minimum Gasteiger partial charge on any atom is -0.497 e. The molecule has 4 heterocycles. The molecule has 4 fully saturated rings. The van der Waals surface area contributed by atoms with E-state index in [1.54, 1.807) is 7.11 Å². The summed E-state index contributed by atoms with van der Waals surface area (Å²) in [4.78, 5) is 18.2. The Balaban J connectivity index is 1.47. The van der Waals surface area contributed by atoms with Crippen LogP contribution in [-0.2, 0) is 0 Å². The molecule has 1 atom stereocenters. The first-order valence-corrected chi connectivity index (χ1v) is 9.78. The van der Waals surface area contributed by atoms with E-state index in [1.807, 2.05) is 18.2 Å². The summed E-state index contributed by atoms with van der Waals surface area (Å²) in [5, 5.41) is 8.29. The molecule has 2 aromatic rings. The van der Waals surface area contributed by atoms with Gasteiger partial charge in [0.05, 0.1) is 12.6 Å². The molecule has 1 aliphatic carbocycles. The van der Waals surface area contributed by atoms with E-state index in [1.165, 1.54) is 38.8 Å². The SMILES string of the molecule is COc1ccc2c(C(=O)N(CC3CC3)[C@@H]3CN4CCC3CC4)n[nH]c2c1. The predicted octanol–water partition coefficient (Wildman–Crippen LogP) is 2.52. The number of aromatic amines is 1. The van der Waals surface area contributed by atoms with Crippen LogP contribution in [-0.4, -0.2) is 65.2 Å². The minimum atomic E-state index is 0.0899. The van der Waals surface area contributed by atoms with E-state index in [0.29, 0.717) is 23.6 Å². The van der Waals surface area contributed by atoms with E-state index in [4.69, 9.17) is 4.74 Å². The molecule has 1 saturated carbocycles. The van der Waals surface area contributed by atoms with Gasteiger partial charge in [0.2, 0.25) is 0 Å². The molecule has 0 unspecified atom stereocenters. The lowest BCUT2D eigenvalue weighted by Gasteiger charge is -2.49. The Labute approximate surface area is 153 Å². The van der Waals surface area contributed by atoms with Crippen LogP contribution >= 0.6 is 0 Å². The molecule has 1 aromatic heterocycles. The Morgan fingerprint density at radius 1 is 1.31 bits per heavy atom. The molecule has 3 aliphatic heterocycles. The van der Waals surface area contributed by atoms with Gasteiger partial charge in [-0.25, -0.2) is 0 Å². The highest BCUT2D eigenvalue weighted by atomic mass is 16.5. The average Bonchev–Trinajstić information content (AvgIpc) is 3.42. The number of rotatable bonds is 5. The van der Waals surface area contributed by atoms with E-state index in [0.717, 1.165) is 29.7 Å². The van der Waals surface area contributed by atoms with Crippen molar-refractivity contribution >= 4 is 16.8 Å². The monoisotopic (exact) mass is 354 g/mol. The number of hydrogen-bond donors (Lipinski definition) is 1. The Bertz CT molecular complexity index is 820. The van der Waals surface area contributed by atoms with Gasteiger partial charge in [0, 0.05) is 30.6 Å². The molecule has 2 bridgehead atoms. The number of carbonyl (C=O) groups excluding carboxylic acids is 1. The number of aromatic nitrogens is 2. The number of ether oxygens (including phenoxy) is 1. The third-order valence-electron chi connectivity index (χ3n) is 6.41. The topological polar surface area (TPSA) is 61.5 Å². The summed E-state index contributed by atoms with van der Waals surface area (Å²) in [6.07, 6.45) is 4.95. The molecule has 1 aromatic carbocycles. The van der Waals surface area contributed by atoms with Gasteiger partial charge in [-0.3, -0.25) is 9.89 Å². The predicted molar refractivity (Wildman–Crippen MR) is 99.4 cm³/mol. The fraction of sp³-hybridized carbons (Fsp3) is 0.600. The maximum Gasteiger partial charge on any atom is 0.275 e. The lowest BCUT2D eigenvalue weighted by molar-refractivity contribution is 0.00577. The zero-order valence-electron chi connectivity index (χ0n) is 15.3. The van der Waals surface area contributed by atoms with Crippen LogP contribution in [0.25, 0.3) is 10.9 Å². The highest BCUT2D eigenvalue weighted by Gasteiger charge is 2.42. The van der Waals surface area contributed by atoms with Crippen LogP contribution in [0.3, 0.4) is 0 Å². The number of H-pyrrole nitrogens is 1. The molecule has 1 N–H and O–H groups in total. The summed E-state index contributed by atoms with van der Waals surface area (Å²) in [6, 6.07) is 6.08. The zero-order valence-corrected chi connectivity index (χ0v) is 15.3. The van der Waals surface area contributed by atoms with Crippen LogP contribution < -0.4 is 4.74 Å². The first kappa shape index (κ1) is 16.1.